The molecule has 3 N–H and O–H groups in total. The highest BCUT2D eigenvalue weighted by atomic mass is 16.2. The topological polar surface area (TPSA) is 75.4 Å². The van der Waals surface area contributed by atoms with Crippen LogP contribution in [0.15, 0.2) is 0 Å². The highest BCUT2D eigenvalue weighted by molar-refractivity contribution is 5.76. The molecule has 1 fully saturated rings. The van der Waals surface area contributed by atoms with Crippen molar-refractivity contribution in [3.05, 3.63) is 0 Å². The molecule has 110 valence electrons. The van der Waals surface area contributed by atoms with Crippen molar-refractivity contribution < 1.29 is 9.59 Å². The number of urea groups is 1. The van der Waals surface area contributed by atoms with Gasteiger partial charge in [-0.25, -0.2) is 4.79 Å². The van der Waals surface area contributed by atoms with Crippen molar-refractivity contribution in [1.82, 2.24) is 10.2 Å². The number of nitrogens with two attached hydrogens (primary N) is 1. The van der Waals surface area contributed by atoms with Gasteiger partial charge in [0.05, 0.1) is 0 Å². The van der Waals surface area contributed by atoms with Crippen LogP contribution in [0.3, 0.4) is 0 Å². The average molecular weight is 269 g/mol. The molecule has 5 heteroatoms. The van der Waals surface area contributed by atoms with Gasteiger partial charge in [-0.1, -0.05) is 12.8 Å². The van der Waals surface area contributed by atoms with E-state index in [1.807, 2.05) is 0 Å². The first-order valence-corrected chi connectivity index (χ1v) is 7.37. The Balaban J connectivity index is 2.30. The molecule has 0 atom stereocenters. The molecule has 1 saturated carbocycles. The van der Waals surface area contributed by atoms with Gasteiger partial charge in [0, 0.05) is 25.0 Å². The van der Waals surface area contributed by atoms with Crippen molar-refractivity contribution in [1.29, 1.82) is 0 Å². The highest BCUT2D eigenvalue weighted by Crippen LogP contribution is 2.26. The lowest BCUT2D eigenvalue weighted by atomic mass is 10.1. The quantitative estimate of drug-likeness (QED) is 0.694. The number of amides is 3. The fourth-order valence-corrected chi connectivity index (χ4v) is 2.84. The van der Waals surface area contributed by atoms with Crippen molar-refractivity contribution in [2.24, 2.45) is 5.73 Å². The maximum Gasteiger partial charge on any atom is 0.312 e. The van der Waals surface area contributed by atoms with Crippen LogP contribution in [0.4, 0.5) is 4.79 Å². The van der Waals surface area contributed by atoms with E-state index in [1.165, 1.54) is 12.8 Å². The van der Waals surface area contributed by atoms with Crippen LogP contribution in [0.25, 0.3) is 0 Å². The van der Waals surface area contributed by atoms with Gasteiger partial charge in [0.25, 0.3) is 0 Å². The third kappa shape index (κ3) is 5.49. The molecule has 0 unspecified atom stereocenters. The Kier molecular flexibility index (Phi) is 6.67. The fourth-order valence-electron chi connectivity index (χ4n) is 2.84. The average Bonchev–Trinajstić information content (AvgIpc) is 2.81. The third-order valence-electron chi connectivity index (χ3n) is 3.68. The number of unbranched alkanes of at least 4 members (excludes halogenated alkanes) is 1. The standard InChI is InChI=1S/C14H27N3O2/c1-11(2)17(12-7-3-4-8-12)13(18)9-5-6-10-16-14(15)19/h11-12H,3-10H2,1-2H3,(H3,15,16,19). The Labute approximate surface area is 115 Å². The monoisotopic (exact) mass is 269 g/mol. The van der Waals surface area contributed by atoms with Gasteiger partial charge in [-0.15, -0.1) is 0 Å². The highest BCUT2D eigenvalue weighted by Gasteiger charge is 2.27. The van der Waals surface area contributed by atoms with Gasteiger partial charge in [-0.05, 0) is 39.5 Å². The molecule has 1 aliphatic rings. The minimum absolute atomic E-state index is 0.251. The van der Waals surface area contributed by atoms with Crippen LogP contribution < -0.4 is 11.1 Å². The first kappa shape index (κ1) is 15.8. The summed E-state index contributed by atoms with van der Waals surface area (Å²) >= 11 is 0. The third-order valence-corrected chi connectivity index (χ3v) is 3.68. The number of nitrogens with one attached hydrogen (secondary N) is 1. The summed E-state index contributed by atoms with van der Waals surface area (Å²) < 4.78 is 0. The second-order valence-corrected chi connectivity index (χ2v) is 5.58. The largest absolute Gasteiger partial charge is 0.352 e. The molecule has 5 nitrogen and oxygen atoms in total. The lowest BCUT2D eigenvalue weighted by Crippen LogP contribution is -2.43. The molecule has 1 aliphatic carbocycles. The SMILES string of the molecule is CC(C)N(C(=O)CCCCNC(N)=O)C1CCCC1. The first-order valence-electron chi connectivity index (χ1n) is 7.37. The van der Waals surface area contributed by atoms with E-state index in [1.54, 1.807) is 0 Å². The summed E-state index contributed by atoms with van der Waals surface area (Å²) in [7, 11) is 0. The molecule has 0 aromatic rings. The molecule has 3 amide bonds. The molecular formula is C14H27N3O2. The van der Waals surface area contributed by atoms with Gasteiger partial charge < -0.3 is 16.0 Å². The zero-order valence-electron chi connectivity index (χ0n) is 12.2. The van der Waals surface area contributed by atoms with E-state index in [2.05, 4.69) is 24.1 Å². The predicted molar refractivity (Wildman–Crippen MR) is 75.7 cm³/mol. The van der Waals surface area contributed by atoms with Crippen molar-refractivity contribution in [2.45, 2.75) is 70.9 Å². The molecule has 0 heterocycles. The van der Waals surface area contributed by atoms with Crippen molar-refractivity contribution in [2.75, 3.05) is 6.54 Å². The molecule has 0 aromatic heterocycles. The van der Waals surface area contributed by atoms with Crippen molar-refractivity contribution in [3.8, 4) is 0 Å². The van der Waals surface area contributed by atoms with E-state index in [9.17, 15) is 9.59 Å². The van der Waals surface area contributed by atoms with Gasteiger partial charge in [-0.2, -0.15) is 0 Å². The molecule has 0 bridgehead atoms. The first-order chi connectivity index (χ1) is 9.02. The van der Waals surface area contributed by atoms with Crippen LogP contribution in [-0.4, -0.2) is 35.5 Å². The van der Waals surface area contributed by atoms with Gasteiger partial charge >= 0.3 is 6.03 Å². The zero-order chi connectivity index (χ0) is 14.3. The predicted octanol–water partition coefficient (Wildman–Crippen LogP) is 2.00. The maximum absolute atomic E-state index is 12.3. The second-order valence-electron chi connectivity index (χ2n) is 5.58. The number of carbonyl (C=O) groups is 2. The van der Waals surface area contributed by atoms with E-state index < -0.39 is 6.03 Å². The van der Waals surface area contributed by atoms with Gasteiger partial charge in [0.1, 0.15) is 0 Å². The van der Waals surface area contributed by atoms with E-state index in [4.69, 9.17) is 5.73 Å². The molecule has 0 saturated heterocycles. The number of hydrogen-bond acceptors (Lipinski definition) is 2. The number of carbonyl (C=O) groups excluding carboxylic acids is 2. The van der Waals surface area contributed by atoms with Crippen LogP contribution in [0.1, 0.15) is 58.8 Å². The normalized spacial score (nSPS) is 15.7. The number of hydrogen-bond donors (Lipinski definition) is 2. The zero-order valence-corrected chi connectivity index (χ0v) is 12.2. The van der Waals surface area contributed by atoms with E-state index in [-0.39, 0.29) is 11.9 Å². The van der Waals surface area contributed by atoms with Crippen LogP contribution in [0.2, 0.25) is 0 Å². The summed E-state index contributed by atoms with van der Waals surface area (Å²) in [5.41, 5.74) is 4.98. The minimum Gasteiger partial charge on any atom is -0.352 e. The second kappa shape index (κ2) is 8.02. The van der Waals surface area contributed by atoms with E-state index in [0.717, 1.165) is 25.7 Å². The van der Waals surface area contributed by atoms with E-state index >= 15 is 0 Å². The Morgan fingerprint density at radius 3 is 2.42 bits per heavy atom. The summed E-state index contributed by atoms with van der Waals surface area (Å²) in [4.78, 5) is 24.9. The Morgan fingerprint density at radius 1 is 1.26 bits per heavy atom. The Bertz CT molecular complexity index is 299. The number of primary amides is 1. The molecule has 19 heavy (non-hydrogen) atoms. The minimum atomic E-state index is -0.499. The summed E-state index contributed by atoms with van der Waals surface area (Å²) in [5, 5.41) is 2.54. The Morgan fingerprint density at radius 2 is 1.89 bits per heavy atom. The van der Waals surface area contributed by atoms with Crippen molar-refractivity contribution in [3.63, 3.8) is 0 Å². The molecule has 1 rings (SSSR count). The number of rotatable bonds is 7. The molecule has 0 radical (unpaired) electrons. The smallest absolute Gasteiger partial charge is 0.312 e. The summed E-state index contributed by atoms with van der Waals surface area (Å²) in [6.45, 7) is 4.73. The van der Waals surface area contributed by atoms with Crippen LogP contribution >= 0.6 is 0 Å². The molecule has 0 spiro atoms. The number of nitrogens with zero attached hydrogens (tertiary/aromatic N) is 1. The van der Waals surface area contributed by atoms with Gasteiger partial charge in [-0.3, -0.25) is 4.79 Å². The van der Waals surface area contributed by atoms with Gasteiger partial charge in [0.15, 0.2) is 0 Å². The van der Waals surface area contributed by atoms with Crippen LogP contribution in [0, 0.1) is 0 Å². The molecular weight excluding hydrogens is 242 g/mol. The maximum atomic E-state index is 12.3. The van der Waals surface area contributed by atoms with Gasteiger partial charge in [0.2, 0.25) is 5.91 Å². The lowest BCUT2D eigenvalue weighted by Gasteiger charge is -2.33. The summed E-state index contributed by atoms with van der Waals surface area (Å²) in [6, 6.07) is 0.219. The Hall–Kier alpha value is -1.26. The summed E-state index contributed by atoms with van der Waals surface area (Å²) in [6.07, 6.45) is 6.93. The van der Waals surface area contributed by atoms with Crippen LogP contribution in [-0.2, 0) is 4.79 Å². The van der Waals surface area contributed by atoms with E-state index in [0.29, 0.717) is 19.0 Å². The molecule has 0 aliphatic heterocycles. The van der Waals surface area contributed by atoms with Crippen molar-refractivity contribution >= 4 is 11.9 Å². The van der Waals surface area contributed by atoms with Crippen LogP contribution in [0.5, 0.6) is 0 Å². The summed E-state index contributed by atoms with van der Waals surface area (Å²) in [5.74, 6) is 0.251. The fraction of sp³-hybridized carbons (Fsp3) is 0.857. The lowest BCUT2D eigenvalue weighted by molar-refractivity contribution is -0.135. The molecule has 0 aromatic carbocycles.